The molecule has 3 aromatic rings. The first-order valence-corrected chi connectivity index (χ1v) is 10.7. The number of hydrogen-bond acceptors (Lipinski definition) is 5. The summed E-state index contributed by atoms with van der Waals surface area (Å²) in [7, 11) is 0. The second kappa shape index (κ2) is 7.37. The maximum absolute atomic E-state index is 13.0. The van der Waals surface area contributed by atoms with Crippen molar-refractivity contribution in [2.45, 2.75) is 33.7 Å². The van der Waals surface area contributed by atoms with E-state index in [1.165, 1.54) is 0 Å². The molecule has 1 aromatic carbocycles. The van der Waals surface area contributed by atoms with E-state index < -0.39 is 0 Å². The molecule has 148 valence electrons. The highest BCUT2D eigenvalue weighted by Crippen LogP contribution is 2.35. The molecular formula is C20H24ClN5OS. The zero-order valence-corrected chi connectivity index (χ0v) is 18.1. The number of fused-ring (bicyclic) bond motifs is 1. The zero-order valence-electron chi connectivity index (χ0n) is 16.6. The maximum atomic E-state index is 13.0. The van der Waals surface area contributed by atoms with Gasteiger partial charge >= 0.3 is 0 Å². The lowest BCUT2D eigenvalue weighted by atomic mass is 10.2. The van der Waals surface area contributed by atoms with Crippen molar-refractivity contribution in [2.75, 3.05) is 31.1 Å². The highest BCUT2D eigenvalue weighted by molar-refractivity contribution is 7.22. The van der Waals surface area contributed by atoms with Gasteiger partial charge in [0.2, 0.25) is 0 Å². The Morgan fingerprint density at radius 1 is 1.18 bits per heavy atom. The van der Waals surface area contributed by atoms with Crippen LogP contribution in [0.1, 0.15) is 41.6 Å². The third-order valence-electron chi connectivity index (χ3n) is 5.09. The Hall–Kier alpha value is -2.12. The van der Waals surface area contributed by atoms with E-state index in [0.29, 0.717) is 18.8 Å². The first-order chi connectivity index (χ1) is 13.3. The van der Waals surface area contributed by atoms with Crippen LogP contribution in [0, 0.1) is 13.8 Å². The summed E-state index contributed by atoms with van der Waals surface area (Å²) < 4.78 is 2.86. The Kier molecular flexibility index (Phi) is 5.05. The average Bonchev–Trinajstić information content (AvgIpc) is 3.29. The third kappa shape index (κ3) is 3.37. The SMILES string of the molecule is Cc1cc(C(=O)N2CCN(c3nc4c(C)ccc(Cl)c4s3)CC2)n(C(C)C)n1. The van der Waals surface area contributed by atoms with Crippen molar-refractivity contribution < 1.29 is 4.79 Å². The molecule has 4 rings (SSSR count). The molecule has 0 N–H and O–H groups in total. The fraction of sp³-hybridized carbons (Fsp3) is 0.450. The zero-order chi connectivity index (χ0) is 20.0. The number of thiazole rings is 1. The average molecular weight is 418 g/mol. The van der Waals surface area contributed by atoms with E-state index in [1.807, 2.05) is 48.6 Å². The molecule has 3 heterocycles. The number of anilines is 1. The molecule has 0 atom stereocenters. The molecule has 0 spiro atoms. The Balaban J connectivity index is 1.50. The minimum absolute atomic E-state index is 0.0529. The van der Waals surface area contributed by atoms with Crippen LogP contribution in [-0.2, 0) is 0 Å². The van der Waals surface area contributed by atoms with Gasteiger partial charge in [0.1, 0.15) is 5.69 Å². The van der Waals surface area contributed by atoms with Crippen LogP contribution < -0.4 is 4.90 Å². The van der Waals surface area contributed by atoms with Crippen molar-refractivity contribution >= 4 is 44.2 Å². The summed E-state index contributed by atoms with van der Waals surface area (Å²) in [6.07, 6.45) is 0. The van der Waals surface area contributed by atoms with Gasteiger partial charge < -0.3 is 9.80 Å². The standard InChI is InChI=1S/C20H24ClN5OS/c1-12(2)26-16(11-14(4)23-26)19(27)24-7-9-25(10-8-24)20-22-17-13(3)5-6-15(21)18(17)28-20/h5-6,11-12H,7-10H2,1-4H3. The first kappa shape index (κ1) is 19.2. The number of aryl methyl sites for hydroxylation is 2. The van der Waals surface area contributed by atoms with Gasteiger partial charge in [-0.1, -0.05) is 29.0 Å². The number of halogens is 1. The number of nitrogens with zero attached hydrogens (tertiary/aromatic N) is 5. The fourth-order valence-corrected chi connectivity index (χ4v) is 4.93. The lowest BCUT2D eigenvalue weighted by Crippen LogP contribution is -2.49. The highest BCUT2D eigenvalue weighted by atomic mass is 35.5. The van der Waals surface area contributed by atoms with Gasteiger partial charge in [0.25, 0.3) is 5.91 Å². The van der Waals surface area contributed by atoms with Gasteiger partial charge in [0, 0.05) is 32.2 Å². The number of carbonyl (C=O) groups is 1. The van der Waals surface area contributed by atoms with Crippen molar-refractivity contribution in [3.63, 3.8) is 0 Å². The Bertz CT molecular complexity index is 994. The van der Waals surface area contributed by atoms with Crippen molar-refractivity contribution in [2.24, 2.45) is 0 Å². The smallest absolute Gasteiger partial charge is 0.272 e. The molecule has 8 heteroatoms. The third-order valence-corrected chi connectivity index (χ3v) is 6.67. The van der Waals surface area contributed by atoms with Crippen LogP contribution in [0.15, 0.2) is 18.2 Å². The minimum Gasteiger partial charge on any atom is -0.345 e. The lowest BCUT2D eigenvalue weighted by molar-refractivity contribution is 0.0732. The molecule has 0 unspecified atom stereocenters. The van der Waals surface area contributed by atoms with Gasteiger partial charge in [0.05, 0.1) is 20.9 Å². The molecule has 1 aliphatic rings. The maximum Gasteiger partial charge on any atom is 0.272 e. The minimum atomic E-state index is 0.0529. The van der Waals surface area contributed by atoms with E-state index in [2.05, 4.69) is 16.9 Å². The van der Waals surface area contributed by atoms with Gasteiger partial charge in [-0.2, -0.15) is 5.10 Å². The Morgan fingerprint density at radius 3 is 2.54 bits per heavy atom. The van der Waals surface area contributed by atoms with Crippen molar-refractivity contribution in [3.05, 3.63) is 40.2 Å². The predicted molar refractivity (Wildman–Crippen MR) is 115 cm³/mol. The molecule has 0 radical (unpaired) electrons. The monoisotopic (exact) mass is 417 g/mol. The van der Waals surface area contributed by atoms with Crippen LogP contribution in [0.4, 0.5) is 5.13 Å². The van der Waals surface area contributed by atoms with Crippen molar-refractivity contribution in [1.82, 2.24) is 19.7 Å². The van der Waals surface area contributed by atoms with E-state index >= 15 is 0 Å². The van der Waals surface area contributed by atoms with E-state index in [-0.39, 0.29) is 11.9 Å². The summed E-state index contributed by atoms with van der Waals surface area (Å²) in [6, 6.07) is 5.97. The summed E-state index contributed by atoms with van der Waals surface area (Å²) in [4.78, 5) is 22.0. The molecule has 1 amide bonds. The van der Waals surface area contributed by atoms with Crippen molar-refractivity contribution in [3.8, 4) is 0 Å². The van der Waals surface area contributed by atoms with Crippen LogP contribution in [0.25, 0.3) is 10.2 Å². The number of carbonyl (C=O) groups excluding carboxylic acids is 1. The number of aromatic nitrogens is 3. The Morgan fingerprint density at radius 2 is 1.89 bits per heavy atom. The molecule has 1 fully saturated rings. The van der Waals surface area contributed by atoms with Gasteiger partial charge in [-0.25, -0.2) is 4.98 Å². The highest BCUT2D eigenvalue weighted by Gasteiger charge is 2.27. The second-order valence-corrected chi connectivity index (χ2v) is 8.91. The first-order valence-electron chi connectivity index (χ1n) is 9.51. The van der Waals surface area contributed by atoms with E-state index in [1.54, 1.807) is 11.3 Å². The molecule has 1 aliphatic heterocycles. The molecule has 0 aliphatic carbocycles. The molecule has 0 bridgehead atoms. The van der Waals surface area contributed by atoms with Crippen LogP contribution in [0.3, 0.4) is 0 Å². The van der Waals surface area contributed by atoms with E-state index in [9.17, 15) is 4.79 Å². The van der Waals surface area contributed by atoms with Gasteiger partial charge in [-0.05, 0) is 45.4 Å². The molecule has 28 heavy (non-hydrogen) atoms. The number of rotatable bonds is 3. The van der Waals surface area contributed by atoms with Gasteiger partial charge in [-0.15, -0.1) is 0 Å². The summed E-state index contributed by atoms with van der Waals surface area (Å²) in [5.74, 6) is 0.0529. The number of piperazine rings is 1. The Labute approximate surface area is 173 Å². The molecule has 0 saturated carbocycles. The van der Waals surface area contributed by atoms with Gasteiger partial charge in [0.15, 0.2) is 5.13 Å². The van der Waals surface area contributed by atoms with Crippen LogP contribution in [-0.4, -0.2) is 51.8 Å². The van der Waals surface area contributed by atoms with Crippen LogP contribution in [0.5, 0.6) is 0 Å². The molecule has 1 saturated heterocycles. The normalized spacial score (nSPS) is 15.1. The van der Waals surface area contributed by atoms with Crippen LogP contribution >= 0.6 is 22.9 Å². The van der Waals surface area contributed by atoms with E-state index in [4.69, 9.17) is 16.6 Å². The van der Waals surface area contributed by atoms with Crippen molar-refractivity contribution in [1.29, 1.82) is 0 Å². The summed E-state index contributed by atoms with van der Waals surface area (Å²) >= 11 is 7.97. The van der Waals surface area contributed by atoms with Gasteiger partial charge in [-0.3, -0.25) is 9.48 Å². The largest absolute Gasteiger partial charge is 0.345 e. The summed E-state index contributed by atoms with van der Waals surface area (Å²) in [6.45, 7) is 10.9. The number of amides is 1. The fourth-order valence-electron chi connectivity index (χ4n) is 3.56. The molecule has 6 nitrogen and oxygen atoms in total. The van der Waals surface area contributed by atoms with Crippen LogP contribution in [0.2, 0.25) is 5.02 Å². The quantitative estimate of drug-likeness (QED) is 0.637. The van der Waals surface area contributed by atoms with E-state index in [0.717, 1.165) is 44.7 Å². The summed E-state index contributed by atoms with van der Waals surface area (Å²) in [5.41, 5.74) is 3.65. The summed E-state index contributed by atoms with van der Waals surface area (Å²) in [5, 5.41) is 6.19. The lowest BCUT2D eigenvalue weighted by Gasteiger charge is -2.34. The predicted octanol–water partition coefficient (Wildman–Crippen LogP) is 4.31. The topological polar surface area (TPSA) is 54.3 Å². The molecular weight excluding hydrogens is 394 g/mol. The second-order valence-electron chi connectivity index (χ2n) is 7.53. The number of benzene rings is 1. The molecule has 2 aromatic heterocycles. The number of hydrogen-bond donors (Lipinski definition) is 0.